The van der Waals surface area contributed by atoms with E-state index in [2.05, 4.69) is 52.8 Å². The molecule has 0 radical (unpaired) electrons. The van der Waals surface area contributed by atoms with Crippen LogP contribution < -0.4 is 0 Å². The molecule has 1 aromatic heterocycles. The summed E-state index contributed by atoms with van der Waals surface area (Å²) in [5.74, 6) is 0. The Bertz CT molecular complexity index is 218. The number of rotatable bonds is 1. The molecule has 5 heteroatoms. The maximum Gasteiger partial charge on any atom is 0.0414 e. The Morgan fingerprint density at radius 2 is 1.64 bits per heavy atom. The number of pyridine rings is 1. The Hall–Kier alpha value is 1.07. The summed E-state index contributed by atoms with van der Waals surface area (Å²) in [7, 11) is 0. The van der Waals surface area contributed by atoms with Gasteiger partial charge in [-0.1, -0.05) is 15.9 Å². The van der Waals surface area contributed by atoms with Crippen molar-refractivity contribution >= 4 is 64.8 Å². The quantitative estimate of drug-likeness (QED) is 0.636. The average molecular weight is 411 g/mol. The molecule has 0 aliphatic rings. The van der Waals surface area contributed by atoms with Crippen molar-refractivity contribution in [1.29, 1.82) is 0 Å². The van der Waals surface area contributed by atoms with Crippen LogP contribution in [0.4, 0.5) is 0 Å². The highest BCUT2D eigenvalue weighted by atomic mass is 79.9. The van der Waals surface area contributed by atoms with Gasteiger partial charge in [0.15, 0.2) is 0 Å². The van der Waals surface area contributed by atoms with Gasteiger partial charge in [-0.3, -0.25) is 4.98 Å². The van der Waals surface area contributed by atoms with Crippen LogP contribution in [-0.2, 0) is 5.33 Å². The van der Waals surface area contributed by atoms with Crippen molar-refractivity contribution in [3.63, 3.8) is 0 Å². The van der Waals surface area contributed by atoms with Crippen molar-refractivity contribution in [3.8, 4) is 0 Å². The second-order valence-corrected chi connectivity index (χ2v) is 3.98. The molecule has 0 bridgehead atoms. The number of hydrogen-bond acceptors (Lipinski definition) is 1. The van der Waals surface area contributed by atoms with Gasteiger partial charge >= 0.3 is 0 Å². The van der Waals surface area contributed by atoms with E-state index in [1.54, 1.807) is 12.4 Å². The van der Waals surface area contributed by atoms with Gasteiger partial charge < -0.3 is 0 Å². The molecule has 1 nitrogen and oxygen atoms in total. The summed E-state index contributed by atoms with van der Waals surface area (Å²) in [5, 5.41) is 0.830. The lowest BCUT2D eigenvalue weighted by Crippen LogP contribution is -1.83. The van der Waals surface area contributed by atoms with E-state index in [-0.39, 0.29) is 17.0 Å². The molecule has 0 aliphatic carbocycles. The van der Waals surface area contributed by atoms with Crippen molar-refractivity contribution in [2.24, 2.45) is 0 Å². The van der Waals surface area contributed by atoms with Crippen LogP contribution >= 0.6 is 64.8 Å². The lowest BCUT2D eigenvalue weighted by Gasteiger charge is -2.00. The van der Waals surface area contributed by atoms with Crippen LogP contribution in [0.25, 0.3) is 0 Å². The molecule has 0 aliphatic heterocycles. The van der Waals surface area contributed by atoms with Gasteiger partial charge in [0.25, 0.3) is 0 Å². The first kappa shape index (κ1) is 12.1. The maximum atomic E-state index is 3.98. The molecule has 0 saturated heterocycles. The highest BCUT2D eigenvalue weighted by Crippen LogP contribution is 2.25. The molecule has 0 saturated carbocycles. The van der Waals surface area contributed by atoms with Gasteiger partial charge in [0.1, 0.15) is 0 Å². The first-order valence-electron chi connectivity index (χ1n) is 2.59. The van der Waals surface area contributed by atoms with Gasteiger partial charge in [-0.15, -0.1) is 17.0 Å². The molecule has 1 rings (SSSR count). The lowest BCUT2D eigenvalue weighted by atomic mass is 10.3. The smallest absolute Gasteiger partial charge is 0.0414 e. The minimum Gasteiger partial charge on any atom is -0.262 e. The normalized spacial score (nSPS) is 9.00. The van der Waals surface area contributed by atoms with Crippen LogP contribution in [0.1, 0.15) is 5.56 Å². The Morgan fingerprint density at radius 3 is 1.91 bits per heavy atom. The molecule has 1 aromatic rings. The van der Waals surface area contributed by atoms with E-state index in [4.69, 9.17) is 0 Å². The van der Waals surface area contributed by atoms with Gasteiger partial charge in [-0.05, 0) is 37.4 Å². The standard InChI is InChI=1S/C6H4Br3N.BrH/c7-1-4-5(8)2-10-3-6(4)9;/h2-3H,1H2;1H. The van der Waals surface area contributed by atoms with Gasteiger partial charge in [-0.2, -0.15) is 0 Å². The summed E-state index contributed by atoms with van der Waals surface area (Å²) in [5.41, 5.74) is 1.19. The fourth-order valence-electron chi connectivity index (χ4n) is 0.566. The number of hydrogen-bond donors (Lipinski definition) is 0. The van der Waals surface area contributed by atoms with E-state index in [1.165, 1.54) is 5.56 Å². The summed E-state index contributed by atoms with van der Waals surface area (Å²) in [6.45, 7) is 0. The largest absolute Gasteiger partial charge is 0.262 e. The molecule has 62 valence electrons. The predicted molar refractivity (Wildman–Crippen MR) is 62.6 cm³/mol. The van der Waals surface area contributed by atoms with E-state index in [0.717, 1.165) is 14.3 Å². The fraction of sp³-hybridized carbons (Fsp3) is 0.167. The molecular weight excluding hydrogens is 406 g/mol. The van der Waals surface area contributed by atoms with Crippen LogP contribution in [0.3, 0.4) is 0 Å². The first-order chi connectivity index (χ1) is 4.75. The summed E-state index contributed by atoms with van der Waals surface area (Å²) in [6.07, 6.45) is 3.56. The van der Waals surface area contributed by atoms with Crippen LogP contribution in [0.15, 0.2) is 21.3 Å². The van der Waals surface area contributed by atoms with E-state index >= 15 is 0 Å². The fourth-order valence-corrected chi connectivity index (χ4v) is 3.13. The highest BCUT2D eigenvalue weighted by Gasteiger charge is 2.01. The van der Waals surface area contributed by atoms with Gasteiger partial charge in [0.05, 0.1) is 0 Å². The zero-order valence-corrected chi connectivity index (χ0v) is 11.8. The maximum absolute atomic E-state index is 3.98. The Labute approximate surface area is 101 Å². The molecule has 0 unspecified atom stereocenters. The van der Waals surface area contributed by atoms with Gasteiger partial charge in [-0.25, -0.2) is 0 Å². The minimum atomic E-state index is 0. The Kier molecular flexibility index (Phi) is 6.22. The second kappa shape index (κ2) is 5.67. The molecule has 0 aromatic carbocycles. The topological polar surface area (TPSA) is 12.9 Å². The third-order valence-electron chi connectivity index (χ3n) is 1.09. The number of aromatic nitrogens is 1. The molecule has 0 spiro atoms. The van der Waals surface area contributed by atoms with Crippen molar-refractivity contribution in [2.45, 2.75) is 5.33 Å². The molecule has 0 fully saturated rings. The molecule has 0 atom stereocenters. The van der Waals surface area contributed by atoms with E-state index < -0.39 is 0 Å². The molecular formula is C6H5Br4N. The summed E-state index contributed by atoms with van der Waals surface area (Å²) in [4.78, 5) is 3.98. The molecule has 0 amide bonds. The van der Waals surface area contributed by atoms with Crippen LogP contribution in [0, 0.1) is 0 Å². The lowest BCUT2D eigenvalue weighted by molar-refractivity contribution is 1.23. The van der Waals surface area contributed by atoms with Crippen molar-refractivity contribution < 1.29 is 0 Å². The third-order valence-corrected chi connectivity index (χ3v) is 3.01. The van der Waals surface area contributed by atoms with E-state index in [1.807, 2.05) is 0 Å². The van der Waals surface area contributed by atoms with Crippen molar-refractivity contribution in [1.82, 2.24) is 4.98 Å². The molecule has 1 heterocycles. The van der Waals surface area contributed by atoms with E-state index in [0.29, 0.717) is 0 Å². The molecule has 11 heavy (non-hydrogen) atoms. The summed E-state index contributed by atoms with van der Waals surface area (Å²) >= 11 is 10.1. The van der Waals surface area contributed by atoms with Crippen LogP contribution in [0.2, 0.25) is 0 Å². The minimum absolute atomic E-state index is 0. The first-order valence-corrected chi connectivity index (χ1v) is 5.30. The van der Waals surface area contributed by atoms with Crippen molar-refractivity contribution in [2.75, 3.05) is 0 Å². The highest BCUT2D eigenvalue weighted by molar-refractivity contribution is 9.11. The Balaban J connectivity index is 0.000001000. The van der Waals surface area contributed by atoms with E-state index in [9.17, 15) is 0 Å². The third kappa shape index (κ3) is 3.13. The monoisotopic (exact) mass is 407 g/mol. The summed E-state index contributed by atoms with van der Waals surface area (Å²) < 4.78 is 2.05. The molecule has 0 N–H and O–H groups in total. The average Bonchev–Trinajstić information content (AvgIpc) is 1.88. The van der Waals surface area contributed by atoms with Gasteiger partial charge in [0, 0.05) is 26.7 Å². The number of nitrogens with zero attached hydrogens (tertiary/aromatic N) is 1. The number of halogens is 4. The SMILES string of the molecule is Br.BrCc1c(Br)cncc1Br. The second-order valence-electron chi connectivity index (χ2n) is 1.72. The van der Waals surface area contributed by atoms with Crippen molar-refractivity contribution in [3.05, 3.63) is 26.9 Å². The zero-order chi connectivity index (χ0) is 7.56. The zero-order valence-electron chi connectivity index (χ0n) is 5.35. The predicted octanol–water partition coefficient (Wildman–Crippen LogP) is 4.08. The Morgan fingerprint density at radius 1 is 1.18 bits per heavy atom. The van der Waals surface area contributed by atoms with Gasteiger partial charge in [0.2, 0.25) is 0 Å². The van der Waals surface area contributed by atoms with Crippen LogP contribution in [0.5, 0.6) is 0 Å². The summed E-state index contributed by atoms with van der Waals surface area (Å²) in [6, 6.07) is 0. The van der Waals surface area contributed by atoms with Crippen LogP contribution in [-0.4, -0.2) is 4.98 Å². The number of alkyl halides is 1.